The highest BCUT2D eigenvalue weighted by molar-refractivity contribution is 5.95. The van der Waals surface area contributed by atoms with Gasteiger partial charge in [0.2, 0.25) is 11.8 Å². The first kappa shape index (κ1) is 19.6. The summed E-state index contributed by atoms with van der Waals surface area (Å²) in [6, 6.07) is -0.350. The molecule has 4 rings (SSSR count). The number of nitrogens with zero attached hydrogens (tertiary/aromatic N) is 4. The van der Waals surface area contributed by atoms with Gasteiger partial charge in [-0.05, 0) is 37.5 Å². The van der Waals surface area contributed by atoms with Gasteiger partial charge in [0.25, 0.3) is 5.91 Å². The number of carbonyl (C=O) groups excluding carboxylic acids is 2. The average molecular weight is 400 g/mol. The summed E-state index contributed by atoms with van der Waals surface area (Å²) in [5.74, 6) is 1.78. The minimum atomic E-state index is -0.350. The van der Waals surface area contributed by atoms with Crippen molar-refractivity contribution in [3.8, 4) is 0 Å². The van der Waals surface area contributed by atoms with Crippen LogP contribution in [0.1, 0.15) is 79.8 Å². The highest BCUT2D eigenvalue weighted by Crippen LogP contribution is 2.38. The second kappa shape index (κ2) is 7.96. The van der Waals surface area contributed by atoms with Crippen molar-refractivity contribution in [3.63, 3.8) is 0 Å². The average Bonchev–Trinajstić information content (AvgIpc) is 3.27. The molecule has 156 valence electrons. The molecule has 2 atom stereocenters. The van der Waals surface area contributed by atoms with Crippen molar-refractivity contribution in [3.05, 3.63) is 29.2 Å². The molecular weight excluding hydrogens is 372 g/mol. The van der Waals surface area contributed by atoms with Crippen LogP contribution in [0.2, 0.25) is 0 Å². The van der Waals surface area contributed by atoms with E-state index < -0.39 is 0 Å². The van der Waals surface area contributed by atoms with Crippen LogP contribution in [0, 0.1) is 11.8 Å². The van der Waals surface area contributed by atoms with Crippen LogP contribution in [-0.4, -0.2) is 38.3 Å². The third-order valence-electron chi connectivity index (χ3n) is 5.68. The maximum atomic E-state index is 13.1. The number of amides is 2. The SMILES string of the molecule is CC(=O)NC[C@H]1CCn2ncc(C(=O)N[C@@H](c3nc(C4CC4)no3)C(C)C)c2C1. The molecule has 9 heteroatoms. The van der Waals surface area contributed by atoms with Crippen LogP contribution in [0.25, 0.3) is 0 Å². The van der Waals surface area contributed by atoms with Crippen molar-refractivity contribution in [1.82, 2.24) is 30.6 Å². The monoisotopic (exact) mass is 400 g/mol. The maximum absolute atomic E-state index is 13.1. The molecule has 0 aromatic carbocycles. The summed E-state index contributed by atoms with van der Waals surface area (Å²) in [4.78, 5) is 28.8. The summed E-state index contributed by atoms with van der Waals surface area (Å²) in [5, 5.41) is 14.4. The molecule has 2 aromatic heterocycles. The van der Waals surface area contributed by atoms with Gasteiger partial charge in [0.15, 0.2) is 5.82 Å². The second-order valence-corrected chi connectivity index (χ2v) is 8.48. The van der Waals surface area contributed by atoms with Crippen molar-refractivity contribution in [2.75, 3.05) is 6.54 Å². The molecule has 1 aliphatic heterocycles. The number of nitrogens with one attached hydrogen (secondary N) is 2. The van der Waals surface area contributed by atoms with E-state index in [0.29, 0.717) is 36.3 Å². The van der Waals surface area contributed by atoms with E-state index in [-0.39, 0.29) is 23.8 Å². The number of hydrogen-bond acceptors (Lipinski definition) is 6. The Bertz CT molecular complexity index is 898. The molecule has 3 heterocycles. The number of aryl methyl sites for hydroxylation is 1. The fourth-order valence-electron chi connectivity index (χ4n) is 3.76. The summed E-state index contributed by atoms with van der Waals surface area (Å²) in [5.41, 5.74) is 1.49. The molecule has 1 fully saturated rings. The quantitative estimate of drug-likeness (QED) is 0.734. The van der Waals surface area contributed by atoms with Crippen LogP contribution in [0.5, 0.6) is 0 Å². The van der Waals surface area contributed by atoms with Crippen LogP contribution < -0.4 is 10.6 Å². The zero-order valence-corrected chi connectivity index (χ0v) is 17.1. The Kier molecular flexibility index (Phi) is 5.38. The minimum absolute atomic E-state index is 0.0352. The van der Waals surface area contributed by atoms with Crippen LogP contribution in [-0.2, 0) is 17.8 Å². The van der Waals surface area contributed by atoms with Gasteiger partial charge in [-0.15, -0.1) is 0 Å². The predicted molar refractivity (Wildman–Crippen MR) is 104 cm³/mol. The van der Waals surface area contributed by atoms with Crippen molar-refractivity contribution >= 4 is 11.8 Å². The smallest absolute Gasteiger partial charge is 0.255 e. The van der Waals surface area contributed by atoms with Gasteiger partial charge in [-0.1, -0.05) is 19.0 Å². The lowest BCUT2D eigenvalue weighted by molar-refractivity contribution is -0.119. The molecule has 29 heavy (non-hydrogen) atoms. The van der Waals surface area contributed by atoms with Gasteiger partial charge in [0.05, 0.1) is 17.5 Å². The molecule has 1 saturated carbocycles. The van der Waals surface area contributed by atoms with Gasteiger partial charge in [0.1, 0.15) is 6.04 Å². The first-order chi connectivity index (χ1) is 13.9. The lowest BCUT2D eigenvalue weighted by Gasteiger charge is -2.24. The summed E-state index contributed by atoms with van der Waals surface area (Å²) in [7, 11) is 0. The zero-order valence-electron chi connectivity index (χ0n) is 17.1. The Morgan fingerprint density at radius 2 is 2.10 bits per heavy atom. The van der Waals surface area contributed by atoms with Crippen molar-refractivity contribution in [2.24, 2.45) is 11.8 Å². The van der Waals surface area contributed by atoms with E-state index in [2.05, 4.69) is 25.9 Å². The van der Waals surface area contributed by atoms with Crippen LogP contribution in [0.3, 0.4) is 0 Å². The summed E-state index contributed by atoms with van der Waals surface area (Å²) in [6.07, 6.45) is 5.46. The largest absolute Gasteiger partial charge is 0.356 e. The molecule has 2 N–H and O–H groups in total. The molecule has 2 aliphatic rings. The number of fused-ring (bicyclic) bond motifs is 1. The third kappa shape index (κ3) is 4.33. The number of carbonyl (C=O) groups is 2. The second-order valence-electron chi connectivity index (χ2n) is 8.48. The number of rotatable bonds is 7. The van der Waals surface area contributed by atoms with E-state index in [1.54, 1.807) is 6.20 Å². The van der Waals surface area contributed by atoms with Crippen molar-refractivity contribution < 1.29 is 14.1 Å². The van der Waals surface area contributed by atoms with E-state index in [9.17, 15) is 9.59 Å². The molecule has 0 saturated heterocycles. The Morgan fingerprint density at radius 1 is 1.31 bits per heavy atom. The summed E-state index contributed by atoms with van der Waals surface area (Å²) >= 11 is 0. The van der Waals surface area contributed by atoms with Gasteiger partial charge in [-0.2, -0.15) is 10.1 Å². The fourth-order valence-corrected chi connectivity index (χ4v) is 3.76. The molecule has 0 unspecified atom stereocenters. The van der Waals surface area contributed by atoms with Gasteiger partial charge in [0, 0.05) is 25.9 Å². The van der Waals surface area contributed by atoms with Crippen LogP contribution in [0.4, 0.5) is 0 Å². The Hall–Kier alpha value is -2.71. The minimum Gasteiger partial charge on any atom is -0.356 e. The van der Waals surface area contributed by atoms with Gasteiger partial charge >= 0.3 is 0 Å². The topological polar surface area (TPSA) is 115 Å². The Balaban J connectivity index is 1.47. The highest BCUT2D eigenvalue weighted by atomic mass is 16.5. The van der Waals surface area contributed by atoms with E-state index in [4.69, 9.17) is 4.52 Å². The molecule has 9 nitrogen and oxygen atoms in total. The summed E-state index contributed by atoms with van der Waals surface area (Å²) < 4.78 is 7.35. The summed E-state index contributed by atoms with van der Waals surface area (Å²) in [6.45, 7) is 6.91. The van der Waals surface area contributed by atoms with Gasteiger partial charge in [-0.25, -0.2) is 0 Å². The zero-order chi connectivity index (χ0) is 20.5. The van der Waals surface area contributed by atoms with E-state index >= 15 is 0 Å². The first-order valence-electron chi connectivity index (χ1n) is 10.4. The van der Waals surface area contributed by atoms with Gasteiger partial charge < -0.3 is 15.2 Å². The van der Waals surface area contributed by atoms with Crippen molar-refractivity contribution in [2.45, 2.75) is 65.0 Å². The molecular formula is C20H28N6O3. The van der Waals surface area contributed by atoms with Crippen molar-refractivity contribution in [1.29, 1.82) is 0 Å². The molecule has 2 amide bonds. The molecule has 2 aromatic rings. The maximum Gasteiger partial charge on any atom is 0.255 e. The van der Waals surface area contributed by atoms with E-state index in [1.807, 2.05) is 18.5 Å². The Labute approximate surface area is 169 Å². The number of hydrogen-bond donors (Lipinski definition) is 2. The first-order valence-corrected chi connectivity index (χ1v) is 10.4. The van der Waals surface area contributed by atoms with E-state index in [1.165, 1.54) is 6.92 Å². The molecule has 0 radical (unpaired) electrons. The lowest BCUT2D eigenvalue weighted by Crippen LogP contribution is -2.35. The molecule has 0 spiro atoms. The van der Waals surface area contributed by atoms with Crippen LogP contribution >= 0.6 is 0 Å². The lowest BCUT2D eigenvalue weighted by atomic mass is 9.94. The van der Waals surface area contributed by atoms with Gasteiger partial charge in [-0.3, -0.25) is 14.3 Å². The predicted octanol–water partition coefficient (Wildman–Crippen LogP) is 1.97. The standard InChI is InChI=1S/C20H28N6O3/c1-11(2)17(20-24-18(25-29-20)14-4-5-14)23-19(28)15-10-22-26-7-6-13(8-16(15)26)9-21-12(3)27/h10-11,13-14,17H,4-9H2,1-3H3,(H,21,27)(H,23,28)/t13-,17+/m0/s1. The highest BCUT2D eigenvalue weighted by Gasteiger charge is 2.33. The third-order valence-corrected chi connectivity index (χ3v) is 5.68. The van der Waals surface area contributed by atoms with E-state index in [0.717, 1.165) is 37.3 Å². The molecule has 1 aliphatic carbocycles. The van der Waals surface area contributed by atoms with Crippen LogP contribution in [0.15, 0.2) is 10.7 Å². The fraction of sp³-hybridized carbons (Fsp3) is 0.650. The molecule has 0 bridgehead atoms. The Morgan fingerprint density at radius 3 is 2.79 bits per heavy atom. The number of aromatic nitrogens is 4. The normalized spacial score (nSPS) is 19.7.